The van der Waals surface area contributed by atoms with Gasteiger partial charge in [-0.3, -0.25) is 0 Å². The molecule has 6 heteroatoms. The highest BCUT2D eigenvalue weighted by atomic mass is 19.4. The Bertz CT molecular complexity index is 542. The molecule has 0 fully saturated rings. The lowest BCUT2D eigenvalue weighted by Gasteiger charge is -2.10. The molecule has 0 heterocycles. The van der Waals surface area contributed by atoms with Gasteiger partial charge in [0.15, 0.2) is 0 Å². The van der Waals surface area contributed by atoms with Crippen LogP contribution in [0.15, 0.2) is 54.6 Å². The van der Waals surface area contributed by atoms with Crippen molar-refractivity contribution in [3.8, 4) is 0 Å². The monoisotopic (exact) mass is 308 g/mol. The second kappa shape index (κ2) is 8.49. The summed E-state index contributed by atoms with van der Waals surface area (Å²) in [6.07, 6.45) is -4.28. The molecular formula is C16H20BF3N2. The van der Waals surface area contributed by atoms with Crippen molar-refractivity contribution < 1.29 is 13.2 Å². The summed E-state index contributed by atoms with van der Waals surface area (Å²) in [5, 5.41) is 6.34. The topological polar surface area (TPSA) is 24.1 Å². The highest BCUT2D eigenvalue weighted by molar-refractivity contribution is 5.75. The molecule has 0 radical (unpaired) electrons. The Kier molecular flexibility index (Phi) is 6.98. The molecular weight excluding hydrogens is 288 g/mol. The first-order chi connectivity index (χ1) is 10.1. The zero-order chi connectivity index (χ0) is 15.1. The minimum absolute atomic E-state index is 0. The van der Waals surface area contributed by atoms with E-state index in [4.69, 9.17) is 0 Å². The Morgan fingerprint density at radius 2 is 1.45 bits per heavy atom. The predicted molar refractivity (Wildman–Crippen MR) is 88.0 cm³/mol. The van der Waals surface area contributed by atoms with Gasteiger partial charge in [0.05, 0.1) is 14.0 Å². The van der Waals surface area contributed by atoms with Crippen LogP contribution >= 0.6 is 0 Å². The average Bonchev–Trinajstić information content (AvgIpc) is 2.47. The van der Waals surface area contributed by atoms with Crippen LogP contribution in [-0.2, 0) is 12.7 Å². The van der Waals surface area contributed by atoms with Crippen LogP contribution in [0.25, 0.3) is 0 Å². The molecule has 0 saturated heterocycles. The van der Waals surface area contributed by atoms with Gasteiger partial charge in [-0.2, -0.15) is 13.2 Å². The summed E-state index contributed by atoms with van der Waals surface area (Å²) in [6.45, 7) is 2.16. The lowest BCUT2D eigenvalue weighted by molar-refractivity contribution is -0.137. The first kappa shape index (κ1) is 18.1. The Hall–Kier alpha value is -1.95. The molecule has 0 unspecified atom stereocenters. The molecule has 0 aliphatic carbocycles. The number of rotatable bonds is 6. The fourth-order valence-electron chi connectivity index (χ4n) is 1.90. The fourth-order valence-corrected chi connectivity index (χ4v) is 1.90. The first-order valence-corrected chi connectivity index (χ1v) is 6.71. The van der Waals surface area contributed by atoms with Crippen LogP contribution in [0.1, 0.15) is 11.1 Å². The van der Waals surface area contributed by atoms with Gasteiger partial charge in [0.1, 0.15) is 0 Å². The van der Waals surface area contributed by atoms with Crippen LogP contribution in [-0.4, -0.2) is 21.5 Å². The van der Waals surface area contributed by atoms with E-state index in [0.717, 1.165) is 25.2 Å². The molecule has 22 heavy (non-hydrogen) atoms. The maximum Gasteiger partial charge on any atom is 0.416 e. The molecule has 2 nitrogen and oxygen atoms in total. The van der Waals surface area contributed by atoms with E-state index in [1.165, 1.54) is 17.7 Å². The number of nitrogens with one attached hydrogen (secondary N) is 2. The molecule has 0 bridgehead atoms. The summed E-state index contributed by atoms with van der Waals surface area (Å²) in [4.78, 5) is 0. The van der Waals surface area contributed by atoms with Gasteiger partial charge in [0.25, 0.3) is 0 Å². The Morgan fingerprint density at radius 3 is 2.05 bits per heavy atom. The van der Waals surface area contributed by atoms with E-state index in [2.05, 4.69) is 10.6 Å². The van der Waals surface area contributed by atoms with Gasteiger partial charge in [0, 0.05) is 25.3 Å². The highest BCUT2D eigenvalue weighted by Crippen LogP contribution is 2.29. The standard InChI is InChI=1S/C16H17F3N2.BH3/c17-16(18,19)14-6-8-15(9-7-14)21-11-10-20-12-13-4-2-1-3-5-13;/h1-9,20-21H,10-12H2;1H3. The van der Waals surface area contributed by atoms with Gasteiger partial charge in [-0.1, -0.05) is 30.3 Å². The quantitative estimate of drug-likeness (QED) is 0.633. The molecule has 0 saturated carbocycles. The third-order valence-electron chi connectivity index (χ3n) is 3.02. The van der Waals surface area contributed by atoms with Crippen molar-refractivity contribution in [2.45, 2.75) is 12.7 Å². The van der Waals surface area contributed by atoms with Gasteiger partial charge < -0.3 is 10.6 Å². The van der Waals surface area contributed by atoms with Gasteiger partial charge in [-0.05, 0) is 29.8 Å². The lowest BCUT2D eigenvalue weighted by atomic mass is 10.2. The Balaban J connectivity index is 0.00000242. The number of halogens is 3. The summed E-state index contributed by atoms with van der Waals surface area (Å²) in [6, 6.07) is 15.1. The van der Waals surface area contributed by atoms with Gasteiger partial charge >= 0.3 is 6.18 Å². The third-order valence-corrected chi connectivity index (χ3v) is 3.02. The molecule has 2 N–H and O–H groups in total. The lowest BCUT2D eigenvalue weighted by Crippen LogP contribution is -2.21. The van der Waals surface area contributed by atoms with Crippen LogP contribution in [0.5, 0.6) is 0 Å². The van der Waals surface area contributed by atoms with Crippen molar-refractivity contribution in [1.29, 1.82) is 0 Å². The molecule has 2 aromatic rings. The summed E-state index contributed by atoms with van der Waals surface area (Å²) in [5.41, 5.74) is 1.26. The molecule has 0 spiro atoms. The minimum Gasteiger partial charge on any atom is -0.384 e. The van der Waals surface area contributed by atoms with Crippen LogP contribution in [0.4, 0.5) is 18.9 Å². The Labute approximate surface area is 130 Å². The molecule has 118 valence electrons. The fraction of sp³-hybridized carbons (Fsp3) is 0.250. The maximum absolute atomic E-state index is 12.4. The number of benzene rings is 2. The van der Waals surface area contributed by atoms with E-state index in [-0.39, 0.29) is 8.41 Å². The van der Waals surface area contributed by atoms with Crippen molar-refractivity contribution in [2.24, 2.45) is 0 Å². The van der Waals surface area contributed by atoms with Crippen LogP contribution in [0.2, 0.25) is 0 Å². The Morgan fingerprint density at radius 1 is 0.818 bits per heavy atom. The molecule has 0 aliphatic heterocycles. The number of hydrogen-bond donors (Lipinski definition) is 2. The van der Waals surface area contributed by atoms with Crippen LogP contribution in [0, 0.1) is 0 Å². The number of hydrogen-bond acceptors (Lipinski definition) is 2. The van der Waals surface area contributed by atoms with Crippen molar-refractivity contribution in [1.82, 2.24) is 5.32 Å². The first-order valence-electron chi connectivity index (χ1n) is 6.71. The average molecular weight is 308 g/mol. The maximum atomic E-state index is 12.4. The van der Waals surface area contributed by atoms with Crippen molar-refractivity contribution in [3.05, 3.63) is 65.7 Å². The largest absolute Gasteiger partial charge is 0.416 e. The van der Waals surface area contributed by atoms with Crippen LogP contribution in [0.3, 0.4) is 0 Å². The van der Waals surface area contributed by atoms with Crippen molar-refractivity contribution in [3.63, 3.8) is 0 Å². The van der Waals surface area contributed by atoms with Crippen LogP contribution < -0.4 is 10.6 Å². The number of alkyl halides is 3. The summed E-state index contributed by atoms with van der Waals surface area (Å²) in [5.74, 6) is 0. The van der Waals surface area contributed by atoms with E-state index >= 15 is 0 Å². The second-order valence-electron chi connectivity index (χ2n) is 4.66. The zero-order valence-corrected chi connectivity index (χ0v) is 11.5. The van der Waals surface area contributed by atoms with Crippen molar-refractivity contribution in [2.75, 3.05) is 18.4 Å². The van der Waals surface area contributed by atoms with E-state index in [1.807, 2.05) is 30.3 Å². The zero-order valence-electron chi connectivity index (χ0n) is 11.5. The minimum atomic E-state index is -4.28. The molecule has 0 amide bonds. The van der Waals surface area contributed by atoms with Crippen molar-refractivity contribution >= 4 is 14.1 Å². The SMILES string of the molecule is B.FC(F)(F)c1ccc(NCCNCc2ccccc2)cc1. The van der Waals surface area contributed by atoms with E-state index in [9.17, 15) is 13.2 Å². The molecule has 0 aromatic heterocycles. The summed E-state index contributed by atoms with van der Waals surface area (Å²) >= 11 is 0. The van der Waals surface area contributed by atoms with E-state index in [0.29, 0.717) is 12.2 Å². The van der Waals surface area contributed by atoms with E-state index in [1.54, 1.807) is 0 Å². The number of anilines is 1. The highest BCUT2D eigenvalue weighted by Gasteiger charge is 2.29. The van der Waals surface area contributed by atoms with Gasteiger partial charge in [-0.25, -0.2) is 0 Å². The van der Waals surface area contributed by atoms with E-state index < -0.39 is 11.7 Å². The molecule has 0 aliphatic rings. The molecule has 0 atom stereocenters. The summed E-state index contributed by atoms with van der Waals surface area (Å²) < 4.78 is 37.2. The predicted octanol–water partition coefficient (Wildman–Crippen LogP) is 2.72. The molecule has 2 rings (SSSR count). The smallest absolute Gasteiger partial charge is 0.384 e. The van der Waals surface area contributed by atoms with Gasteiger partial charge in [-0.15, -0.1) is 0 Å². The molecule has 2 aromatic carbocycles. The normalized spacial score (nSPS) is 10.9. The third kappa shape index (κ3) is 5.81. The second-order valence-corrected chi connectivity index (χ2v) is 4.66. The summed E-state index contributed by atoms with van der Waals surface area (Å²) in [7, 11) is 0. The van der Waals surface area contributed by atoms with Gasteiger partial charge in [0.2, 0.25) is 0 Å².